The van der Waals surface area contributed by atoms with Crippen LogP contribution in [0.5, 0.6) is 0 Å². The van der Waals surface area contributed by atoms with E-state index in [-0.39, 0.29) is 0 Å². The van der Waals surface area contributed by atoms with Crippen molar-refractivity contribution < 1.29 is 5.11 Å². The quantitative estimate of drug-likeness (QED) is 0.643. The molecule has 0 unspecified atom stereocenters. The van der Waals surface area contributed by atoms with Gasteiger partial charge in [0.05, 0.1) is 5.60 Å². The van der Waals surface area contributed by atoms with E-state index in [2.05, 4.69) is 26.8 Å². The molecule has 1 fully saturated rings. The second-order valence-electron chi connectivity index (χ2n) is 7.85. The van der Waals surface area contributed by atoms with Crippen molar-refractivity contribution in [2.75, 3.05) is 0 Å². The molecular weight excluding hydrogens is 232 g/mol. The van der Waals surface area contributed by atoms with Crippen LogP contribution >= 0.6 is 0 Å². The van der Waals surface area contributed by atoms with Gasteiger partial charge in [-0.2, -0.15) is 0 Å². The van der Waals surface area contributed by atoms with Crippen LogP contribution in [0.2, 0.25) is 0 Å². The molecule has 1 saturated carbocycles. The summed E-state index contributed by atoms with van der Waals surface area (Å²) in [5, 5.41) is 11.0. The van der Waals surface area contributed by atoms with Crippen LogP contribution in [0.25, 0.3) is 0 Å². The van der Waals surface area contributed by atoms with Crippen molar-refractivity contribution in [3.05, 3.63) is 11.6 Å². The van der Waals surface area contributed by atoms with Crippen molar-refractivity contribution in [3.8, 4) is 0 Å². The molecule has 0 saturated heterocycles. The van der Waals surface area contributed by atoms with Gasteiger partial charge in [-0.15, -0.1) is 0 Å². The first-order chi connectivity index (χ1) is 8.92. The number of allylic oxidation sites excluding steroid dienone is 1. The Hall–Kier alpha value is -0.300. The molecule has 0 aromatic rings. The maximum atomic E-state index is 11.0. The molecule has 0 atom stereocenters. The predicted molar refractivity (Wildman–Crippen MR) is 82.1 cm³/mol. The summed E-state index contributed by atoms with van der Waals surface area (Å²) in [7, 11) is 0. The highest BCUT2D eigenvalue weighted by atomic mass is 16.3. The van der Waals surface area contributed by atoms with Crippen LogP contribution in [0.1, 0.15) is 85.0 Å². The first kappa shape index (κ1) is 15.1. The van der Waals surface area contributed by atoms with Gasteiger partial charge >= 0.3 is 0 Å². The third kappa shape index (κ3) is 3.84. The van der Waals surface area contributed by atoms with Crippen LogP contribution < -0.4 is 0 Å². The zero-order valence-corrected chi connectivity index (χ0v) is 13.2. The Labute approximate surface area is 119 Å². The van der Waals surface area contributed by atoms with E-state index < -0.39 is 5.60 Å². The van der Waals surface area contributed by atoms with Gasteiger partial charge in [-0.3, -0.25) is 0 Å². The van der Waals surface area contributed by atoms with Gasteiger partial charge in [0.1, 0.15) is 0 Å². The molecule has 0 radical (unpaired) electrons. The van der Waals surface area contributed by atoms with E-state index in [1.54, 1.807) is 0 Å². The molecule has 0 spiro atoms. The molecule has 110 valence electrons. The highest BCUT2D eigenvalue weighted by molar-refractivity contribution is 5.18. The summed E-state index contributed by atoms with van der Waals surface area (Å²) in [6.07, 6.45) is 14.3. The van der Waals surface area contributed by atoms with Crippen LogP contribution in [0.15, 0.2) is 11.6 Å². The van der Waals surface area contributed by atoms with Crippen LogP contribution in [0.4, 0.5) is 0 Å². The van der Waals surface area contributed by atoms with Gasteiger partial charge in [0, 0.05) is 0 Å². The first-order valence-corrected chi connectivity index (χ1v) is 8.34. The summed E-state index contributed by atoms with van der Waals surface area (Å²) in [5.41, 5.74) is 1.31. The van der Waals surface area contributed by atoms with Crippen molar-refractivity contribution in [3.63, 3.8) is 0 Å². The van der Waals surface area contributed by atoms with Crippen molar-refractivity contribution in [1.29, 1.82) is 0 Å². The van der Waals surface area contributed by atoms with E-state index in [0.717, 1.165) is 25.2 Å². The summed E-state index contributed by atoms with van der Waals surface area (Å²) >= 11 is 0. The summed E-state index contributed by atoms with van der Waals surface area (Å²) in [4.78, 5) is 0. The summed E-state index contributed by atoms with van der Waals surface area (Å²) < 4.78 is 0. The molecule has 0 amide bonds. The zero-order chi connectivity index (χ0) is 13.9. The first-order valence-electron chi connectivity index (χ1n) is 8.34. The number of hydrogen-bond donors (Lipinski definition) is 1. The van der Waals surface area contributed by atoms with E-state index in [9.17, 15) is 5.11 Å². The summed E-state index contributed by atoms with van der Waals surface area (Å²) in [6.45, 7) is 7.03. The minimum absolute atomic E-state index is 0.399. The molecule has 0 aromatic heterocycles. The highest BCUT2D eigenvalue weighted by Crippen LogP contribution is 2.45. The van der Waals surface area contributed by atoms with Gasteiger partial charge in [0.2, 0.25) is 0 Å². The van der Waals surface area contributed by atoms with E-state index in [1.807, 2.05) is 0 Å². The van der Waals surface area contributed by atoms with E-state index >= 15 is 0 Å². The fourth-order valence-corrected chi connectivity index (χ4v) is 3.90. The predicted octanol–water partition coefficient (Wildman–Crippen LogP) is 5.23. The minimum Gasteiger partial charge on any atom is -0.386 e. The second kappa shape index (κ2) is 5.99. The lowest BCUT2D eigenvalue weighted by atomic mass is 9.66. The SMILES string of the molecule is CC(C)(C)C1CCC(O)(C2=CCCCCCC2)CC1. The molecule has 1 heteroatoms. The Kier molecular flexibility index (Phi) is 4.76. The zero-order valence-electron chi connectivity index (χ0n) is 13.2. The molecule has 2 rings (SSSR count). The normalized spacial score (nSPS) is 34.3. The van der Waals surface area contributed by atoms with Crippen LogP contribution in [-0.4, -0.2) is 10.7 Å². The fraction of sp³-hybridized carbons (Fsp3) is 0.889. The Balaban J connectivity index is 2.00. The lowest BCUT2D eigenvalue weighted by Gasteiger charge is -2.43. The maximum Gasteiger partial charge on any atom is 0.0857 e. The lowest BCUT2D eigenvalue weighted by molar-refractivity contribution is 0.00136. The molecule has 2 aliphatic rings. The molecule has 0 aromatic carbocycles. The fourth-order valence-electron chi connectivity index (χ4n) is 3.90. The average molecular weight is 264 g/mol. The van der Waals surface area contributed by atoms with Gasteiger partial charge in [-0.05, 0) is 68.3 Å². The molecule has 0 aliphatic heterocycles. The molecule has 19 heavy (non-hydrogen) atoms. The average Bonchev–Trinajstić information content (AvgIpc) is 2.27. The van der Waals surface area contributed by atoms with E-state index in [0.29, 0.717) is 5.41 Å². The van der Waals surface area contributed by atoms with Crippen molar-refractivity contribution in [2.24, 2.45) is 11.3 Å². The summed E-state index contributed by atoms with van der Waals surface area (Å²) in [6, 6.07) is 0. The number of hydrogen-bond acceptors (Lipinski definition) is 1. The number of aliphatic hydroxyl groups is 1. The smallest absolute Gasteiger partial charge is 0.0857 e. The van der Waals surface area contributed by atoms with Gasteiger partial charge in [-0.25, -0.2) is 0 Å². The largest absolute Gasteiger partial charge is 0.386 e. The van der Waals surface area contributed by atoms with Crippen molar-refractivity contribution in [1.82, 2.24) is 0 Å². The molecule has 0 heterocycles. The Morgan fingerprint density at radius 1 is 1.05 bits per heavy atom. The van der Waals surface area contributed by atoms with Gasteiger partial charge in [0.15, 0.2) is 0 Å². The van der Waals surface area contributed by atoms with Crippen LogP contribution in [0, 0.1) is 11.3 Å². The maximum absolute atomic E-state index is 11.0. The standard InChI is InChI=1S/C18H32O/c1-17(2,3)15-11-13-18(19,14-12-15)16-9-7-5-4-6-8-10-16/h9,15,19H,4-8,10-14H2,1-3H3. The Morgan fingerprint density at radius 2 is 1.68 bits per heavy atom. The molecule has 0 bridgehead atoms. The van der Waals surface area contributed by atoms with Gasteiger partial charge < -0.3 is 5.11 Å². The highest BCUT2D eigenvalue weighted by Gasteiger charge is 2.39. The van der Waals surface area contributed by atoms with Crippen molar-refractivity contribution >= 4 is 0 Å². The third-order valence-corrected chi connectivity index (χ3v) is 5.43. The van der Waals surface area contributed by atoms with E-state index in [1.165, 1.54) is 50.5 Å². The Morgan fingerprint density at radius 3 is 2.32 bits per heavy atom. The lowest BCUT2D eigenvalue weighted by Crippen LogP contribution is -2.39. The van der Waals surface area contributed by atoms with Crippen molar-refractivity contribution in [2.45, 2.75) is 90.6 Å². The molecule has 1 N–H and O–H groups in total. The number of rotatable bonds is 1. The summed E-state index contributed by atoms with van der Waals surface area (Å²) in [5.74, 6) is 0.780. The molecule has 2 aliphatic carbocycles. The minimum atomic E-state index is -0.459. The monoisotopic (exact) mass is 264 g/mol. The van der Waals surface area contributed by atoms with Gasteiger partial charge in [-0.1, -0.05) is 39.7 Å². The third-order valence-electron chi connectivity index (χ3n) is 5.43. The van der Waals surface area contributed by atoms with E-state index in [4.69, 9.17) is 0 Å². The van der Waals surface area contributed by atoms with Gasteiger partial charge in [0.25, 0.3) is 0 Å². The molecule has 1 nitrogen and oxygen atoms in total. The van der Waals surface area contributed by atoms with Crippen LogP contribution in [-0.2, 0) is 0 Å². The molecular formula is C18H32O. The second-order valence-corrected chi connectivity index (χ2v) is 7.85. The van der Waals surface area contributed by atoms with Crippen LogP contribution in [0.3, 0.4) is 0 Å². The topological polar surface area (TPSA) is 20.2 Å². The Bertz CT molecular complexity index is 313.